The van der Waals surface area contributed by atoms with Crippen LogP contribution in [0.4, 0.5) is 5.13 Å². The minimum atomic E-state index is -0.910. The Bertz CT molecular complexity index is 512. The number of nitrogens with zero attached hydrogens (tertiary/aromatic N) is 1. The highest BCUT2D eigenvalue weighted by atomic mass is 35.5. The van der Waals surface area contributed by atoms with Crippen molar-refractivity contribution in [2.75, 3.05) is 11.9 Å². The molecule has 2 rings (SSSR count). The highest BCUT2D eigenvalue weighted by Crippen LogP contribution is 2.27. The van der Waals surface area contributed by atoms with Crippen LogP contribution in [0.1, 0.15) is 0 Å². The number of carbonyl (C=O) groups is 1. The number of carboxylic acids is 1. The molecule has 0 saturated carbocycles. The Morgan fingerprint density at radius 2 is 2.40 bits per heavy atom. The zero-order valence-electron chi connectivity index (χ0n) is 7.53. The van der Waals surface area contributed by atoms with Gasteiger partial charge in [0.15, 0.2) is 5.13 Å². The summed E-state index contributed by atoms with van der Waals surface area (Å²) < 4.78 is 0.940. The molecule has 0 atom stereocenters. The molecule has 2 aromatic rings. The average molecular weight is 243 g/mol. The van der Waals surface area contributed by atoms with Crippen molar-refractivity contribution in [3.8, 4) is 0 Å². The van der Waals surface area contributed by atoms with Crippen LogP contribution in [0, 0.1) is 0 Å². The smallest absolute Gasteiger partial charge is 0.322 e. The lowest BCUT2D eigenvalue weighted by molar-refractivity contribution is -0.134. The number of fused-ring (bicyclic) bond motifs is 1. The van der Waals surface area contributed by atoms with E-state index in [0.717, 1.165) is 10.2 Å². The molecule has 0 spiro atoms. The number of nitrogens with one attached hydrogen (secondary N) is 1. The van der Waals surface area contributed by atoms with E-state index in [-0.39, 0.29) is 6.54 Å². The number of rotatable bonds is 3. The van der Waals surface area contributed by atoms with Crippen molar-refractivity contribution >= 4 is 44.3 Å². The van der Waals surface area contributed by atoms with E-state index in [2.05, 4.69) is 10.3 Å². The Hall–Kier alpha value is -1.33. The van der Waals surface area contributed by atoms with Crippen molar-refractivity contribution in [2.45, 2.75) is 0 Å². The van der Waals surface area contributed by atoms with E-state index in [1.54, 1.807) is 18.2 Å². The maximum absolute atomic E-state index is 10.3. The summed E-state index contributed by atoms with van der Waals surface area (Å²) >= 11 is 7.20. The van der Waals surface area contributed by atoms with Gasteiger partial charge < -0.3 is 10.4 Å². The summed E-state index contributed by atoms with van der Waals surface area (Å²) in [5.41, 5.74) is 0.817. The van der Waals surface area contributed by atoms with Gasteiger partial charge in [-0.05, 0) is 18.2 Å². The largest absolute Gasteiger partial charge is 0.480 e. The summed E-state index contributed by atoms with van der Waals surface area (Å²) in [4.78, 5) is 14.5. The maximum Gasteiger partial charge on any atom is 0.322 e. The van der Waals surface area contributed by atoms with Crippen molar-refractivity contribution in [1.82, 2.24) is 4.98 Å². The molecule has 1 heterocycles. The number of anilines is 1. The van der Waals surface area contributed by atoms with Gasteiger partial charge >= 0.3 is 5.97 Å². The predicted molar refractivity (Wildman–Crippen MR) is 60.8 cm³/mol. The van der Waals surface area contributed by atoms with Crippen LogP contribution >= 0.6 is 22.9 Å². The molecule has 0 aliphatic carbocycles. The van der Waals surface area contributed by atoms with Gasteiger partial charge in [0.05, 0.1) is 10.2 Å². The molecule has 0 radical (unpaired) electrons. The fourth-order valence-corrected chi connectivity index (χ4v) is 2.26. The second-order valence-corrected chi connectivity index (χ2v) is 4.35. The van der Waals surface area contributed by atoms with Crippen LogP contribution in [0.2, 0.25) is 5.02 Å². The third-order valence-electron chi connectivity index (χ3n) is 1.74. The molecule has 0 aliphatic heterocycles. The Labute approximate surface area is 94.5 Å². The number of hydrogen-bond acceptors (Lipinski definition) is 4. The van der Waals surface area contributed by atoms with Crippen LogP contribution in [0.15, 0.2) is 18.2 Å². The van der Waals surface area contributed by atoms with Gasteiger partial charge in [-0.15, -0.1) is 0 Å². The molecule has 1 aromatic heterocycles. The van der Waals surface area contributed by atoms with Gasteiger partial charge in [-0.1, -0.05) is 22.9 Å². The van der Waals surface area contributed by atoms with Crippen molar-refractivity contribution in [1.29, 1.82) is 0 Å². The zero-order chi connectivity index (χ0) is 10.8. The lowest BCUT2D eigenvalue weighted by Gasteiger charge is -1.94. The second-order valence-electron chi connectivity index (χ2n) is 2.88. The summed E-state index contributed by atoms with van der Waals surface area (Å²) in [6.45, 7) is -0.131. The molecular formula is C9H7ClN2O2S. The molecule has 0 bridgehead atoms. The number of carboxylic acid groups (broad SMARTS) is 1. The van der Waals surface area contributed by atoms with Crippen LogP contribution in [0.5, 0.6) is 0 Å². The standard InChI is InChI=1S/C9H7ClN2O2S/c10-5-1-2-6-7(3-5)15-9(12-6)11-4-8(13)14/h1-3H,4H2,(H,11,12)(H,13,14). The Morgan fingerprint density at radius 1 is 1.60 bits per heavy atom. The van der Waals surface area contributed by atoms with Crippen LogP contribution in [0.3, 0.4) is 0 Å². The lowest BCUT2D eigenvalue weighted by atomic mass is 10.3. The van der Waals surface area contributed by atoms with Crippen LogP contribution in [-0.4, -0.2) is 22.6 Å². The number of aromatic nitrogens is 1. The summed E-state index contributed by atoms with van der Waals surface area (Å²) in [7, 11) is 0. The van der Waals surface area contributed by atoms with E-state index in [0.29, 0.717) is 10.2 Å². The molecular weight excluding hydrogens is 236 g/mol. The maximum atomic E-state index is 10.3. The summed E-state index contributed by atoms with van der Waals surface area (Å²) in [6.07, 6.45) is 0. The summed E-state index contributed by atoms with van der Waals surface area (Å²) in [6, 6.07) is 5.37. The molecule has 0 fully saturated rings. The number of benzene rings is 1. The van der Waals surface area contributed by atoms with E-state index < -0.39 is 5.97 Å². The first-order valence-electron chi connectivity index (χ1n) is 4.17. The number of hydrogen-bond donors (Lipinski definition) is 2. The monoisotopic (exact) mass is 242 g/mol. The summed E-state index contributed by atoms with van der Waals surface area (Å²) in [5.74, 6) is -0.910. The highest BCUT2D eigenvalue weighted by Gasteiger charge is 2.04. The first-order valence-corrected chi connectivity index (χ1v) is 5.36. The van der Waals surface area contributed by atoms with Crippen molar-refractivity contribution in [3.05, 3.63) is 23.2 Å². The van der Waals surface area contributed by atoms with E-state index >= 15 is 0 Å². The normalized spacial score (nSPS) is 10.5. The minimum absolute atomic E-state index is 0.131. The third kappa shape index (κ3) is 2.37. The van der Waals surface area contributed by atoms with Crippen molar-refractivity contribution < 1.29 is 9.90 Å². The first-order chi connectivity index (χ1) is 7.15. The van der Waals surface area contributed by atoms with Gasteiger partial charge in [-0.3, -0.25) is 4.79 Å². The van der Waals surface area contributed by atoms with Gasteiger partial charge in [0.2, 0.25) is 0 Å². The lowest BCUT2D eigenvalue weighted by Crippen LogP contribution is -2.11. The molecule has 4 nitrogen and oxygen atoms in total. The predicted octanol–water partition coefficient (Wildman–Crippen LogP) is 2.45. The molecule has 15 heavy (non-hydrogen) atoms. The second kappa shape index (κ2) is 4.04. The fourth-order valence-electron chi connectivity index (χ4n) is 1.13. The molecule has 0 saturated heterocycles. The van der Waals surface area contributed by atoms with Gasteiger partial charge in [0.1, 0.15) is 6.54 Å². The van der Waals surface area contributed by atoms with Crippen LogP contribution in [0.25, 0.3) is 10.2 Å². The number of aliphatic carboxylic acids is 1. The molecule has 0 unspecified atom stereocenters. The SMILES string of the molecule is O=C(O)CNc1nc2ccc(Cl)cc2s1. The number of halogens is 1. The Morgan fingerprint density at radius 3 is 3.13 bits per heavy atom. The van der Waals surface area contributed by atoms with E-state index in [9.17, 15) is 4.79 Å². The van der Waals surface area contributed by atoms with Crippen LogP contribution in [-0.2, 0) is 4.79 Å². The minimum Gasteiger partial charge on any atom is -0.480 e. The first kappa shape index (κ1) is 10.2. The quantitative estimate of drug-likeness (QED) is 0.868. The molecule has 78 valence electrons. The van der Waals surface area contributed by atoms with Gasteiger partial charge in [-0.2, -0.15) is 0 Å². The zero-order valence-corrected chi connectivity index (χ0v) is 9.10. The molecule has 0 aliphatic rings. The van der Waals surface area contributed by atoms with Gasteiger partial charge in [0, 0.05) is 5.02 Å². The fraction of sp³-hybridized carbons (Fsp3) is 0.111. The van der Waals surface area contributed by atoms with E-state index in [1.807, 2.05) is 0 Å². The van der Waals surface area contributed by atoms with Gasteiger partial charge in [0.25, 0.3) is 0 Å². The van der Waals surface area contributed by atoms with Crippen molar-refractivity contribution in [3.63, 3.8) is 0 Å². The molecule has 6 heteroatoms. The number of thiazole rings is 1. The van der Waals surface area contributed by atoms with E-state index in [4.69, 9.17) is 16.7 Å². The van der Waals surface area contributed by atoms with Gasteiger partial charge in [-0.25, -0.2) is 4.98 Å². The average Bonchev–Trinajstić information content (AvgIpc) is 2.56. The van der Waals surface area contributed by atoms with E-state index in [1.165, 1.54) is 11.3 Å². The molecule has 2 N–H and O–H groups in total. The van der Waals surface area contributed by atoms with Crippen LogP contribution < -0.4 is 5.32 Å². The van der Waals surface area contributed by atoms with Crippen molar-refractivity contribution in [2.24, 2.45) is 0 Å². The molecule has 0 amide bonds. The third-order valence-corrected chi connectivity index (χ3v) is 2.95. The highest BCUT2D eigenvalue weighted by molar-refractivity contribution is 7.22. The summed E-state index contributed by atoms with van der Waals surface area (Å²) in [5, 5.41) is 12.4. The molecule has 1 aromatic carbocycles. The topological polar surface area (TPSA) is 62.2 Å². The Balaban J connectivity index is 2.27. The Kier molecular flexibility index (Phi) is 2.75.